The van der Waals surface area contributed by atoms with Crippen molar-refractivity contribution in [2.24, 2.45) is 17.6 Å². The smallest absolute Gasteiger partial charge is 0.0418 e. The lowest BCUT2D eigenvalue weighted by molar-refractivity contribution is 0.232. The minimum Gasteiger partial charge on any atom is -0.323 e. The zero-order valence-electron chi connectivity index (χ0n) is 11.3. The molecule has 1 nitrogen and oxygen atoms in total. The predicted molar refractivity (Wildman–Crippen MR) is 76.5 cm³/mol. The Balaban J connectivity index is 2.06. The van der Waals surface area contributed by atoms with Gasteiger partial charge in [0.05, 0.1) is 0 Å². The Morgan fingerprint density at radius 1 is 1.41 bits per heavy atom. The highest BCUT2D eigenvalue weighted by Gasteiger charge is 2.27. The van der Waals surface area contributed by atoms with E-state index >= 15 is 0 Å². The maximum atomic E-state index is 6.48. The number of nitrogens with two attached hydrogens (primary N) is 1. The number of aryl methyl sites for hydroxylation is 2. The summed E-state index contributed by atoms with van der Waals surface area (Å²) in [6.07, 6.45) is 6.79. The first-order valence-corrected chi connectivity index (χ1v) is 7.76. The second kappa shape index (κ2) is 5.53. The number of rotatable bonds is 3. The average Bonchev–Trinajstić information content (AvgIpc) is 2.69. The van der Waals surface area contributed by atoms with Crippen LogP contribution in [0.5, 0.6) is 0 Å². The van der Waals surface area contributed by atoms with Gasteiger partial charge in [0.25, 0.3) is 0 Å². The number of hydrogen-bond donors (Lipinski definition) is 1. The van der Waals surface area contributed by atoms with E-state index in [1.165, 1.54) is 47.4 Å². The van der Waals surface area contributed by atoms with Gasteiger partial charge in [-0.3, -0.25) is 0 Å². The maximum Gasteiger partial charge on any atom is 0.0418 e. The topological polar surface area (TPSA) is 26.0 Å². The summed E-state index contributed by atoms with van der Waals surface area (Å²) in [5.74, 6) is 1.63. The third-order valence-corrected chi connectivity index (χ3v) is 5.68. The number of hydrogen-bond acceptors (Lipinski definition) is 2. The van der Waals surface area contributed by atoms with Crippen LogP contribution in [0.15, 0.2) is 6.07 Å². The van der Waals surface area contributed by atoms with Gasteiger partial charge in [-0.15, -0.1) is 11.3 Å². The molecule has 96 valence electrons. The fourth-order valence-corrected chi connectivity index (χ4v) is 4.17. The van der Waals surface area contributed by atoms with Crippen molar-refractivity contribution in [1.82, 2.24) is 0 Å². The first-order chi connectivity index (χ1) is 8.11. The Morgan fingerprint density at radius 3 is 2.76 bits per heavy atom. The van der Waals surface area contributed by atoms with Crippen molar-refractivity contribution < 1.29 is 0 Å². The van der Waals surface area contributed by atoms with Crippen LogP contribution in [0.4, 0.5) is 0 Å². The molecule has 0 aliphatic heterocycles. The van der Waals surface area contributed by atoms with Crippen LogP contribution < -0.4 is 5.73 Å². The van der Waals surface area contributed by atoms with Gasteiger partial charge in [0.15, 0.2) is 0 Å². The molecule has 0 spiro atoms. The number of thiophene rings is 1. The van der Waals surface area contributed by atoms with Crippen molar-refractivity contribution in [3.8, 4) is 0 Å². The van der Waals surface area contributed by atoms with Gasteiger partial charge in [-0.25, -0.2) is 0 Å². The monoisotopic (exact) mass is 251 g/mol. The third kappa shape index (κ3) is 2.92. The molecule has 2 heteroatoms. The van der Waals surface area contributed by atoms with Crippen LogP contribution in [0.1, 0.15) is 60.4 Å². The molecule has 3 unspecified atom stereocenters. The average molecular weight is 251 g/mol. The van der Waals surface area contributed by atoms with Crippen LogP contribution in [0, 0.1) is 25.7 Å². The predicted octanol–water partition coefficient (Wildman–Crippen LogP) is 4.58. The summed E-state index contributed by atoms with van der Waals surface area (Å²) < 4.78 is 0. The Kier molecular flexibility index (Phi) is 4.26. The largest absolute Gasteiger partial charge is 0.323 e. The zero-order chi connectivity index (χ0) is 12.4. The quantitative estimate of drug-likeness (QED) is 0.836. The van der Waals surface area contributed by atoms with Crippen LogP contribution in [-0.2, 0) is 0 Å². The van der Waals surface area contributed by atoms with Gasteiger partial charge in [-0.2, -0.15) is 0 Å². The van der Waals surface area contributed by atoms with Gasteiger partial charge in [0.1, 0.15) is 0 Å². The Labute approximate surface area is 109 Å². The molecule has 1 aliphatic carbocycles. The Hall–Kier alpha value is -0.340. The van der Waals surface area contributed by atoms with Crippen LogP contribution in [-0.4, -0.2) is 0 Å². The van der Waals surface area contributed by atoms with Crippen molar-refractivity contribution in [2.45, 2.75) is 58.9 Å². The maximum absolute atomic E-state index is 6.48. The van der Waals surface area contributed by atoms with Crippen LogP contribution in [0.2, 0.25) is 0 Å². The van der Waals surface area contributed by atoms with E-state index in [9.17, 15) is 0 Å². The molecule has 0 bridgehead atoms. The van der Waals surface area contributed by atoms with E-state index in [1.807, 2.05) is 11.3 Å². The lowest BCUT2D eigenvalue weighted by atomic mass is 9.76. The Bertz CT molecular complexity index is 349. The molecule has 1 saturated carbocycles. The molecule has 2 N–H and O–H groups in total. The van der Waals surface area contributed by atoms with Gasteiger partial charge in [0.2, 0.25) is 0 Å². The fraction of sp³-hybridized carbons (Fsp3) is 0.733. The van der Waals surface area contributed by atoms with Crippen molar-refractivity contribution >= 4 is 11.3 Å². The summed E-state index contributed by atoms with van der Waals surface area (Å²) in [6.45, 7) is 6.71. The van der Waals surface area contributed by atoms with Crippen LogP contribution in [0.3, 0.4) is 0 Å². The summed E-state index contributed by atoms with van der Waals surface area (Å²) in [6, 6.07) is 2.59. The Morgan fingerprint density at radius 2 is 2.18 bits per heavy atom. The van der Waals surface area contributed by atoms with Crippen LogP contribution in [0.25, 0.3) is 0 Å². The van der Waals surface area contributed by atoms with Gasteiger partial charge in [-0.05, 0) is 50.2 Å². The van der Waals surface area contributed by atoms with E-state index in [0.29, 0.717) is 5.92 Å². The molecule has 17 heavy (non-hydrogen) atoms. The van der Waals surface area contributed by atoms with E-state index in [-0.39, 0.29) is 6.04 Å². The summed E-state index contributed by atoms with van der Waals surface area (Å²) in [4.78, 5) is 2.83. The molecule has 0 radical (unpaired) electrons. The van der Waals surface area contributed by atoms with E-state index in [4.69, 9.17) is 5.73 Å². The van der Waals surface area contributed by atoms with E-state index in [2.05, 4.69) is 26.8 Å². The molecule has 0 aromatic carbocycles. The summed E-state index contributed by atoms with van der Waals surface area (Å²) in [5, 5.41) is 0. The molecule has 1 fully saturated rings. The van der Waals surface area contributed by atoms with Crippen molar-refractivity contribution in [2.75, 3.05) is 0 Å². The second-order valence-corrected chi connectivity index (χ2v) is 6.90. The normalized spacial score (nSPS) is 27.1. The van der Waals surface area contributed by atoms with Gasteiger partial charge < -0.3 is 5.73 Å². The summed E-state index contributed by atoms with van der Waals surface area (Å²) in [5.41, 5.74) is 7.89. The fourth-order valence-electron chi connectivity index (χ4n) is 3.03. The van der Waals surface area contributed by atoms with Gasteiger partial charge in [0, 0.05) is 15.8 Å². The standard InChI is InChI=1S/C15H25NS/c1-4-12-6-5-7-13(9-12)15(16)14-8-10(2)11(3)17-14/h8,12-13,15H,4-7,9,16H2,1-3H3. The molecule has 0 amide bonds. The molecule has 3 atom stereocenters. The second-order valence-electron chi connectivity index (χ2n) is 5.61. The highest BCUT2D eigenvalue weighted by molar-refractivity contribution is 7.12. The SMILES string of the molecule is CCC1CCCC(C(N)c2cc(C)c(C)s2)C1. The first kappa shape index (κ1) is 13.1. The molecule has 1 aromatic heterocycles. The van der Waals surface area contributed by atoms with Crippen molar-refractivity contribution in [1.29, 1.82) is 0 Å². The molecular formula is C15H25NS. The van der Waals surface area contributed by atoms with E-state index < -0.39 is 0 Å². The minimum absolute atomic E-state index is 0.279. The summed E-state index contributed by atoms with van der Waals surface area (Å²) >= 11 is 1.90. The molecule has 1 heterocycles. The molecule has 2 rings (SSSR count). The molecule has 1 aliphatic rings. The highest BCUT2D eigenvalue weighted by atomic mass is 32.1. The molecular weight excluding hydrogens is 226 g/mol. The molecule has 1 aromatic rings. The van der Waals surface area contributed by atoms with Crippen LogP contribution >= 0.6 is 11.3 Å². The van der Waals surface area contributed by atoms with Gasteiger partial charge >= 0.3 is 0 Å². The zero-order valence-corrected chi connectivity index (χ0v) is 12.1. The van der Waals surface area contributed by atoms with Crippen molar-refractivity contribution in [3.05, 3.63) is 21.4 Å². The summed E-state index contributed by atoms with van der Waals surface area (Å²) in [7, 11) is 0. The third-order valence-electron chi connectivity index (χ3n) is 4.42. The lowest BCUT2D eigenvalue weighted by Crippen LogP contribution is -2.26. The van der Waals surface area contributed by atoms with Crippen molar-refractivity contribution in [3.63, 3.8) is 0 Å². The minimum atomic E-state index is 0.279. The van der Waals surface area contributed by atoms with E-state index in [0.717, 1.165) is 5.92 Å². The molecule has 0 saturated heterocycles. The lowest BCUT2D eigenvalue weighted by Gasteiger charge is -2.32. The first-order valence-electron chi connectivity index (χ1n) is 6.94. The van der Waals surface area contributed by atoms with E-state index in [1.54, 1.807) is 0 Å². The highest BCUT2D eigenvalue weighted by Crippen LogP contribution is 2.39. The van der Waals surface area contributed by atoms with Gasteiger partial charge in [-0.1, -0.05) is 26.2 Å².